The minimum absolute atomic E-state index is 0.0525. The van der Waals surface area contributed by atoms with Crippen LogP contribution < -0.4 is 10.2 Å². The van der Waals surface area contributed by atoms with Crippen molar-refractivity contribution >= 4 is 34.8 Å². The van der Waals surface area contributed by atoms with Gasteiger partial charge in [0.15, 0.2) is 0 Å². The maximum absolute atomic E-state index is 12.8. The molecule has 0 atom stereocenters. The van der Waals surface area contributed by atoms with Crippen molar-refractivity contribution in [2.45, 2.75) is 19.5 Å². The molecule has 1 N–H and O–H groups in total. The largest absolute Gasteiger partial charge is 0.416 e. The molecule has 0 aliphatic heterocycles. The van der Waals surface area contributed by atoms with Crippen LogP contribution >= 0.6 is 11.6 Å². The Hall–Kier alpha value is -2.54. The first-order valence-corrected chi connectivity index (χ1v) is 8.05. The van der Waals surface area contributed by atoms with E-state index in [1.54, 1.807) is 24.3 Å². The summed E-state index contributed by atoms with van der Waals surface area (Å²) in [5.41, 5.74) is -0.275. The number of anilines is 2. The van der Waals surface area contributed by atoms with Crippen LogP contribution in [0, 0.1) is 0 Å². The van der Waals surface area contributed by atoms with Gasteiger partial charge in [0.2, 0.25) is 11.8 Å². The highest BCUT2D eigenvalue weighted by Crippen LogP contribution is 2.31. The van der Waals surface area contributed by atoms with Crippen molar-refractivity contribution in [1.82, 2.24) is 0 Å². The lowest BCUT2D eigenvalue weighted by Gasteiger charge is -2.22. The number of benzene rings is 2. The molecule has 0 aliphatic rings. The summed E-state index contributed by atoms with van der Waals surface area (Å²) in [6.07, 6.45) is -4.59. The average molecular weight is 385 g/mol. The van der Waals surface area contributed by atoms with E-state index in [1.165, 1.54) is 19.1 Å². The fraction of sp³-hybridized carbons (Fsp3) is 0.222. The van der Waals surface area contributed by atoms with Crippen LogP contribution in [-0.2, 0) is 15.8 Å². The zero-order chi connectivity index (χ0) is 19.3. The SMILES string of the molecule is CC(=O)N(CCC(=O)Nc1cccc(Cl)c1)c1cccc(C(F)(F)F)c1. The molecule has 2 aromatic rings. The number of hydrogen-bond donors (Lipinski definition) is 1. The third-order valence-corrected chi connectivity index (χ3v) is 3.77. The first-order valence-electron chi connectivity index (χ1n) is 7.67. The van der Waals surface area contributed by atoms with Crippen LogP contribution in [0.1, 0.15) is 18.9 Å². The van der Waals surface area contributed by atoms with Gasteiger partial charge in [0.1, 0.15) is 0 Å². The molecular weight excluding hydrogens is 369 g/mol. The van der Waals surface area contributed by atoms with Crippen molar-refractivity contribution in [2.24, 2.45) is 0 Å². The maximum atomic E-state index is 12.8. The topological polar surface area (TPSA) is 49.4 Å². The van der Waals surface area contributed by atoms with Crippen molar-refractivity contribution in [3.63, 3.8) is 0 Å². The van der Waals surface area contributed by atoms with E-state index in [0.717, 1.165) is 17.0 Å². The summed E-state index contributed by atoms with van der Waals surface area (Å²) in [6, 6.07) is 11.0. The molecule has 0 aromatic heterocycles. The minimum Gasteiger partial charge on any atom is -0.326 e. The number of halogens is 4. The standard InChI is InChI=1S/C18H16ClF3N2O2/c1-12(25)24(16-7-2-4-13(10-16)18(20,21)22)9-8-17(26)23-15-6-3-5-14(19)11-15/h2-7,10-11H,8-9H2,1H3,(H,23,26). The molecular formula is C18H16ClF3N2O2. The monoisotopic (exact) mass is 384 g/mol. The van der Waals surface area contributed by atoms with Crippen LogP contribution in [-0.4, -0.2) is 18.4 Å². The van der Waals surface area contributed by atoms with E-state index >= 15 is 0 Å². The van der Waals surface area contributed by atoms with Crippen LogP contribution in [0.2, 0.25) is 5.02 Å². The van der Waals surface area contributed by atoms with Crippen LogP contribution in [0.4, 0.5) is 24.5 Å². The van der Waals surface area contributed by atoms with Gasteiger partial charge >= 0.3 is 6.18 Å². The van der Waals surface area contributed by atoms with E-state index in [1.807, 2.05) is 0 Å². The Balaban J connectivity index is 2.07. The zero-order valence-electron chi connectivity index (χ0n) is 13.8. The molecule has 2 rings (SSSR count). The van der Waals surface area contributed by atoms with E-state index in [9.17, 15) is 22.8 Å². The quantitative estimate of drug-likeness (QED) is 0.809. The van der Waals surface area contributed by atoms with Crippen LogP contribution in [0.25, 0.3) is 0 Å². The lowest BCUT2D eigenvalue weighted by molar-refractivity contribution is -0.137. The lowest BCUT2D eigenvalue weighted by Crippen LogP contribution is -2.32. The van der Waals surface area contributed by atoms with Crippen LogP contribution in [0.15, 0.2) is 48.5 Å². The van der Waals surface area contributed by atoms with Gasteiger partial charge < -0.3 is 10.2 Å². The second-order valence-electron chi connectivity index (χ2n) is 5.53. The summed E-state index contributed by atoms with van der Waals surface area (Å²) < 4.78 is 38.5. The number of hydrogen-bond acceptors (Lipinski definition) is 2. The predicted molar refractivity (Wildman–Crippen MR) is 94.2 cm³/mol. The summed E-state index contributed by atoms with van der Waals surface area (Å²) in [7, 11) is 0. The smallest absolute Gasteiger partial charge is 0.326 e. The van der Waals surface area contributed by atoms with Gasteiger partial charge in [0.05, 0.1) is 5.56 Å². The Bertz CT molecular complexity index is 809. The minimum atomic E-state index is -4.51. The zero-order valence-corrected chi connectivity index (χ0v) is 14.6. The molecule has 0 saturated heterocycles. The third-order valence-electron chi connectivity index (χ3n) is 3.54. The lowest BCUT2D eigenvalue weighted by atomic mass is 10.1. The molecule has 0 fully saturated rings. The Labute approximate surface area is 153 Å². The second kappa shape index (κ2) is 8.23. The number of rotatable bonds is 5. The van der Waals surface area contributed by atoms with Crippen molar-refractivity contribution in [3.8, 4) is 0 Å². The molecule has 8 heteroatoms. The van der Waals surface area contributed by atoms with E-state index < -0.39 is 17.6 Å². The van der Waals surface area contributed by atoms with Gasteiger partial charge in [-0.3, -0.25) is 9.59 Å². The van der Waals surface area contributed by atoms with Crippen molar-refractivity contribution in [3.05, 3.63) is 59.1 Å². The van der Waals surface area contributed by atoms with Gasteiger partial charge in [-0.1, -0.05) is 23.7 Å². The number of carbonyl (C=O) groups excluding carboxylic acids is 2. The molecule has 0 heterocycles. The molecule has 0 unspecified atom stereocenters. The molecule has 0 saturated carbocycles. The first kappa shape index (κ1) is 19.8. The summed E-state index contributed by atoms with van der Waals surface area (Å²) >= 11 is 5.83. The molecule has 0 spiro atoms. The normalized spacial score (nSPS) is 11.1. The van der Waals surface area contributed by atoms with Gasteiger partial charge in [0, 0.05) is 36.3 Å². The first-order chi connectivity index (χ1) is 12.2. The van der Waals surface area contributed by atoms with Crippen molar-refractivity contribution < 1.29 is 22.8 Å². The van der Waals surface area contributed by atoms with Crippen molar-refractivity contribution in [1.29, 1.82) is 0 Å². The summed E-state index contributed by atoms with van der Waals surface area (Å²) in [5, 5.41) is 3.08. The Morgan fingerprint density at radius 2 is 1.81 bits per heavy atom. The highest BCUT2D eigenvalue weighted by atomic mass is 35.5. The molecule has 0 radical (unpaired) electrons. The predicted octanol–water partition coefficient (Wildman–Crippen LogP) is 4.74. The van der Waals surface area contributed by atoms with Gasteiger partial charge in [-0.2, -0.15) is 13.2 Å². The average Bonchev–Trinajstić information content (AvgIpc) is 2.54. The van der Waals surface area contributed by atoms with Gasteiger partial charge in [-0.15, -0.1) is 0 Å². The molecule has 138 valence electrons. The van der Waals surface area contributed by atoms with E-state index in [-0.39, 0.29) is 24.6 Å². The van der Waals surface area contributed by atoms with E-state index in [2.05, 4.69) is 5.32 Å². The Kier molecular flexibility index (Phi) is 6.26. The molecule has 0 bridgehead atoms. The summed E-state index contributed by atoms with van der Waals surface area (Å²) in [6.45, 7) is 1.18. The van der Waals surface area contributed by atoms with Gasteiger partial charge in [-0.25, -0.2) is 0 Å². The van der Waals surface area contributed by atoms with E-state index in [0.29, 0.717) is 10.7 Å². The molecule has 4 nitrogen and oxygen atoms in total. The van der Waals surface area contributed by atoms with Crippen LogP contribution in [0.3, 0.4) is 0 Å². The molecule has 2 amide bonds. The fourth-order valence-electron chi connectivity index (χ4n) is 2.32. The van der Waals surface area contributed by atoms with Gasteiger partial charge in [0.25, 0.3) is 0 Å². The Morgan fingerprint density at radius 3 is 2.42 bits per heavy atom. The third kappa shape index (κ3) is 5.49. The highest BCUT2D eigenvalue weighted by molar-refractivity contribution is 6.30. The van der Waals surface area contributed by atoms with E-state index in [4.69, 9.17) is 11.6 Å². The molecule has 26 heavy (non-hydrogen) atoms. The molecule has 0 aliphatic carbocycles. The van der Waals surface area contributed by atoms with Crippen molar-refractivity contribution in [2.75, 3.05) is 16.8 Å². The van der Waals surface area contributed by atoms with Gasteiger partial charge in [-0.05, 0) is 36.4 Å². The Morgan fingerprint density at radius 1 is 1.12 bits per heavy atom. The number of nitrogens with zero attached hydrogens (tertiary/aromatic N) is 1. The van der Waals surface area contributed by atoms with Crippen LogP contribution in [0.5, 0.6) is 0 Å². The molecule has 2 aromatic carbocycles. The highest BCUT2D eigenvalue weighted by Gasteiger charge is 2.31. The summed E-state index contributed by atoms with van der Waals surface area (Å²) in [5.74, 6) is -0.842. The number of amides is 2. The number of alkyl halides is 3. The fourth-order valence-corrected chi connectivity index (χ4v) is 2.51. The number of carbonyl (C=O) groups is 2. The second-order valence-corrected chi connectivity index (χ2v) is 5.96. The number of nitrogens with one attached hydrogen (secondary N) is 1. The summed E-state index contributed by atoms with van der Waals surface area (Å²) in [4.78, 5) is 25.0. The maximum Gasteiger partial charge on any atom is 0.416 e.